The van der Waals surface area contributed by atoms with E-state index in [4.69, 9.17) is 5.11 Å². The third-order valence-electron chi connectivity index (χ3n) is 2.61. The summed E-state index contributed by atoms with van der Waals surface area (Å²) in [5.41, 5.74) is 1.21. The Morgan fingerprint density at radius 1 is 1.30 bits per heavy atom. The molecule has 0 saturated carbocycles. The highest BCUT2D eigenvalue weighted by Gasteiger charge is 2.11. The highest BCUT2D eigenvalue weighted by atomic mass is 32.2. The topological polar surface area (TPSA) is 80.4 Å². The first-order valence-corrected chi connectivity index (χ1v) is 6.83. The zero-order valence-corrected chi connectivity index (χ0v) is 11.1. The third-order valence-corrected chi connectivity index (χ3v) is 3.63. The Morgan fingerprint density at radius 2 is 2.10 bits per heavy atom. The van der Waals surface area contributed by atoms with Crippen LogP contribution in [0.15, 0.2) is 47.6 Å². The third kappa shape index (κ3) is 2.62. The van der Waals surface area contributed by atoms with E-state index in [0.29, 0.717) is 0 Å². The molecule has 0 fully saturated rings. The van der Waals surface area contributed by atoms with Gasteiger partial charge in [-0.3, -0.25) is 0 Å². The Morgan fingerprint density at radius 3 is 2.85 bits per heavy atom. The number of carboxylic acid groups (broad SMARTS) is 1. The molecule has 0 radical (unpaired) electrons. The van der Waals surface area contributed by atoms with Gasteiger partial charge in [-0.05, 0) is 5.56 Å². The number of rotatable bonds is 4. The van der Waals surface area contributed by atoms with Crippen molar-refractivity contribution in [3.63, 3.8) is 0 Å². The summed E-state index contributed by atoms with van der Waals surface area (Å²) >= 11 is 1.61. The van der Waals surface area contributed by atoms with Gasteiger partial charge in [0.15, 0.2) is 0 Å². The molecule has 0 aliphatic rings. The predicted molar refractivity (Wildman–Crippen MR) is 73.7 cm³/mol. The first kappa shape index (κ1) is 12.6. The van der Waals surface area contributed by atoms with Crippen molar-refractivity contribution >= 4 is 23.5 Å². The van der Waals surface area contributed by atoms with Crippen LogP contribution in [0.25, 0.3) is 5.78 Å². The number of thioether (sulfide) groups is 1. The lowest BCUT2D eigenvalue weighted by Crippen LogP contribution is -1.99. The SMILES string of the molecule is O=C(O)c1nc2ncc(SCc3ccccc3)cn2n1. The average molecular weight is 286 g/mol. The molecule has 6 nitrogen and oxygen atoms in total. The first-order valence-electron chi connectivity index (χ1n) is 5.85. The molecule has 7 heteroatoms. The monoisotopic (exact) mass is 286 g/mol. The van der Waals surface area contributed by atoms with Gasteiger partial charge in [0.2, 0.25) is 0 Å². The Bertz CT molecular complexity index is 757. The minimum Gasteiger partial charge on any atom is -0.475 e. The zero-order valence-electron chi connectivity index (χ0n) is 10.3. The Hall–Kier alpha value is -2.41. The normalized spacial score (nSPS) is 10.8. The number of carboxylic acids is 1. The summed E-state index contributed by atoms with van der Waals surface area (Å²) in [6.07, 6.45) is 3.40. The van der Waals surface area contributed by atoms with Crippen molar-refractivity contribution in [2.75, 3.05) is 0 Å². The molecule has 0 atom stereocenters. The Labute approximate surface area is 118 Å². The average Bonchev–Trinajstić information content (AvgIpc) is 2.89. The molecular formula is C13H10N4O2S. The van der Waals surface area contributed by atoms with Gasteiger partial charge in [-0.15, -0.1) is 16.9 Å². The van der Waals surface area contributed by atoms with Gasteiger partial charge in [0.25, 0.3) is 11.6 Å². The Balaban J connectivity index is 1.80. The number of benzene rings is 1. The standard InChI is InChI=1S/C13H10N4O2S/c18-12(19)11-15-13-14-6-10(7-17(13)16-11)20-8-9-4-2-1-3-5-9/h1-7H,8H2,(H,18,19). The van der Waals surface area contributed by atoms with Crippen molar-refractivity contribution in [2.24, 2.45) is 0 Å². The fourth-order valence-electron chi connectivity index (χ4n) is 1.67. The van der Waals surface area contributed by atoms with Gasteiger partial charge in [0, 0.05) is 23.0 Å². The summed E-state index contributed by atoms with van der Waals surface area (Å²) in [6.45, 7) is 0. The molecular weight excluding hydrogens is 276 g/mol. The number of fused-ring (bicyclic) bond motifs is 1. The summed E-state index contributed by atoms with van der Waals surface area (Å²) in [7, 11) is 0. The number of hydrogen-bond donors (Lipinski definition) is 1. The van der Waals surface area contributed by atoms with Gasteiger partial charge in [-0.25, -0.2) is 14.3 Å². The minimum absolute atomic E-state index is 0.247. The molecule has 20 heavy (non-hydrogen) atoms. The van der Waals surface area contributed by atoms with Crippen LogP contribution in [0.5, 0.6) is 0 Å². The number of hydrogen-bond acceptors (Lipinski definition) is 5. The molecule has 0 bridgehead atoms. The molecule has 0 unspecified atom stereocenters. The van der Waals surface area contributed by atoms with Gasteiger partial charge in [-0.2, -0.15) is 4.98 Å². The molecule has 2 aromatic heterocycles. The second-order valence-electron chi connectivity index (χ2n) is 4.05. The van der Waals surface area contributed by atoms with Crippen LogP contribution in [0, 0.1) is 0 Å². The van der Waals surface area contributed by atoms with Crippen LogP contribution in [0.4, 0.5) is 0 Å². The number of carbonyl (C=O) groups is 1. The lowest BCUT2D eigenvalue weighted by Gasteiger charge is -2.01. The van der Waals surface area contributed by atoms with Gasteiger partial charge in [-0.1, -0.05) is 30.3 Å². The summed E-state index contributed by atoms with van der Waals surface area (Å²) in [4.78, 5) is 19.6. The molecule has 3 aromatic rings. The van der Waals surface area contributed by atoms with Crippen LogP contribution >= 0.6 is 11.8 Å². The lowest BCUT2D eigenvalue weighted by atomic mass is 10.2. The van der Waals surface area contributed by atoms with Crippen molar-refractivity contribution in [3.05, 3.63) is 54.1 Å². The van der Waals surface area contributed by atoms with Crippen LogP contribution in [0.3, 0.4) is 0 Å². The van der Waals surface area contributed by atoms with Crippen molar-refractivity contribution in [3.8, 4) is 0 Å². The highest BCUT2D eigenvalue weighted by Crippen LogP contribution is 2.21. The van der Waals surface area contributed by atoms with E-state index < -0.39 is 5.97 Å². The molecule has 0 spiro atoms. The fraction of sp³-hybridized carbons (Fsp3) is 0.0769. The lowest BCUT2D eigenvalue weighted by molar-refractivity contribution is 0.0684. The molecule has 0 aliphatic carbocycles. The van der Waals surface area contributed by atoms with E-state index in [0.717, 1.165) is 10.6 Å². The molecule has 0 aliphatic heterocycles. The molecule has 3 rings (SSSR count). The molecule has 0 saturated heterocycles. The van der Waals surface area contributed by atoms with E-state index in [2.05, 4.69) is 27.2 Å². The maximum absolute atomic E-state index is 10.8. The van der Waals surface area contributed by atoms with Crippen molar-refractivity contribution in [1.82, 2.24) is 19.6 Å². The summed E-state index contributed by atoms with van der Waals surface area (Å²) in [6, 6.07) is 10.1. The van der Waals surface area contributed by atoms with Crippen LogP contribution in [-0.2, 0) is 5.75 Å². The molecule has 1 N–H and O–H groups in total. The molecule has 0 amide bonds. The van der Waals surface area contributed by atoms with Crippen LogP contribution in [0.2, 0.25) is 0 Å². The first-order chi connectivity index (χ1) is 9.72. The van der Waals surface area contributed by atoms with Gasteiger partial charge in [0.1, 0.15) is 0 Å². The fourth-order valence-corrected chi connectivity index (χ4v) is 2.50. The van der Waals surface area contributed by atoms with E-state index in [1.165, 1.54) is 10.1 Å². The number of nitrogens with zero attached hydrogens (tertiary/aromatic N) is 4. The molecule has 2 heterocycles. The van der Waals surface area contributed by atoms with E-state index in [-0.39, 0.29) is 11.6 Å². The van der Waals surface area contributed by atoms with Crippen LogP contribution in [-0.4, -0.2) is 30.7 Å². The minimum atomic E-state index is -1.16. The maximum atomic E-state index is 10.8. The summed E-state index contributed by atoms with van der Waals surface area (Å²) < 4.78 is 1.39. The maximum Gasteiger partial charge on any atom is 0.375 e. The predicted octanol–water partition coefficient (Wildman–Crippen LogP) is 2.11. The second-order valence-corrected chi connectivity index (χ2v) is 5.10. The van der Waals surface area contributed by atoms with Crippen molar-refractivity contribution in [2.45, 2.75) is 10.6 Å². The summed E-state index contributed by atoms with van der Waals surface area (Å²) in [5.74, 6) is -0.308. The van der Waals surface area contributed by atoms with Gasteiger partial charge in [0.05, 0.1) is 0 Å². The van der Waals surface area contributed by atoms with Crippen LogP contribution < -0.4 is 0 Å². The second kappa shape index (κ2) is 5.30. The molecule has 100 valence electrons. The highest BCUT2D eigenvalue weighted by molar-refractivity contribution is 7.98. The number of aromatic nitrogens is 4. The van der Waals surface area contributed by atoms with Crippen molar-refractivity contribution < 1.29 is 9.90 Å². The van der Waals surface area contributed by atoms with E-state index in [9.17, 15) is 4.79 Å². The van der Waals surface area contributed by atoms with Gasteiger partial charge >= 0.3 is 5.97 Å². The van der Waals surface area contributed by atoms with Gasteiger partial charge < -0.3 is 5.11 Å². The smallest absolute Gasteiger partial charge is 0.375 e. The largest absolute Gasteiger partial charge is 0.475 e. The summed E-state index contributed by atoms with van der Waals surface area (Å²) in [5, 5.41) is 12.7. The van der Waals surface area contributed by atoms with Crippen molar-refractivity contribution in [1.29, 1.82) is 0 Å². The Kier molecular flexibility index (Phi) is 3.34. The number of aromatic carboxylic acids is 1. The van der Waals surface area contributed by atoms with E-state index in [1.54, 1.807) is 24.2 Å². The molecule has 1 aromatic carbocycles. The van der Waals surface area contributed by atoms with E-state index >= 15 is 0 Å². The zero-order chi connectivity index (χ0) is 13.9. The van der Waals surface area contributed by atoms with E-state index in [1.807, 2.05) is 18.2 Å². The van der Waals surface area contributed by atoms with Crippen LogP contribution in [0.1, 0.15) is 16.2 Å². The quantitative estimate of drug-likeness (QED) is 0.740.